The summed E-state index contributed by atoms with van der Waals surface area (Å²) >= 11 is 0. The zero-order valence-corrected chi connectivity index (χ0v) is 14.3. The first-order chi connectivity index (χ1) is 12.1. The number of benzene rings is 1. The highest BCUT2D eigenvalue weighted by atomic mass is 16.5. The third kappa shape index (κ3) is 3.85. The lowest BCUT2D eigenvalue weighted by Gasteiger charge is -2.38. The van der Waals surface area contributed by atoms with Gasteiger partial charge in [-0.05, 0) is 24.1 Å². The predicted octanol–water partition coefficient (Wildman–Crippen LogP) is 1.60. The van der Waals surface area contributed by atoms with Gasteiger partial charge in [-0.2, -0.15) is 0 Å². The molecule has 3 rings (SSSR count). The topological polar surface area (TPSA) is 71.5 Å². The molecular formula is C19H21N3O3. The number of carbonyl (C=O) groups is 2. The summed E-state index contributed by atoms with van der Waals surface area (Å²) in [5.41, 5.74) is 2.90. The second kappa shape index (κ2) is 7.44. The van der Waals surface area contributed by atoms with Gasteiger partial charge in [-0.1, -0.05) is 35.9 Å². The Labute approximate surface area is 146 Å². The third-order valence-electron chi connectivity index (χ3n) is 4.35. The summed E-state index contributed by atoms with van der Waals surface area (Å²) in [6.45, 7) is 2.27. The Morgan fingerprint density at radius 1 is 1.32 bits per heavy atom. The smallest absolute Gasteiger partial charge is 0.251 e. The van der Waals surface area contributed by atoms with Crippen LogP contribution >= 0.6 is 0 Å². The summed E-state index contributed by atoms with van der Waals surface area (Å²) < 4.78 is 5.59. The van der Waals surface area contributed by atoms with E-state index in [0.29, 0.717) is 6.54 Å². The van der Waals surface area contributed by atoms with E-state index in [1.165, 1.54) is 0 Å². The van der Waals surface area contributed by atoms with Crippen LogP contribution in [0.25, 0.3) is 0 Å². The zero-order chi connectivity index (χ0) is 17.8. The molecule has 25 heavy (non-hydrogen) atoms. The van der Waals surface area contributed by atoms with Crippen LogP contribution in [0, 0.1) is 6.92 Å². The molecular weight excluding hydrogens is 318 g/mol. The highest BCUT2D eigenvalue weighted by Gasteiger charge is 2.39. The first kappa shape index (κ1) is 17.1. The molecule has 6 heteroatoms. The SMILES string of the molecule is Cc1ccc(C2C(C(=O)NCc3cccnc3)OCC(=O)N2C)cc1. The Bertz CT molecular complexity index is 746. The highest BCUT2D eigenvalue weighted by Crippen LogP contribution is 2.29. The van der Waals surface area contributed by atoms with Gasteiger partial charge in [-0.3, -0.25) is 14.6 Å². The summed E-state index contributed by atoms with van der Waals surface area (Å²) in [5, 5.41) is 2.87. The number of amides is 2. The molecule has 1 aromatic heterocycles. The third-order valence-corrected chi connectivity index (χ3v) is 4.35. The van der Waals surface area contributed by atoms with Gasteiger partial charge >= 0.3 is 0 Å². The molecule has 6 nitrogen and oxygen atoms in total. The van der Waals surface area contributed by atoms with Crippen LogP contribution < -0.4 is 5.32 Å². The predicted molar refractivity (Wildman–Crippen MR) is 92.5 cm³/mol. The average Bonchev–Trinajstić information content (AvgIpc) is 2.63. The molecule has 2 heterocycles. The molecule has 2 atom stereocenters. The van der Waals surface area contributed by atoms with Gasteiger partial charge in [0.1, 0.15) is 6.61 Å². The van der Waals surface area contributed by atoms with Gasteiger partial charge < -0.3 is 15.0 Å². The van der Waals surface area contributed by atoms with Crippen molar-refractivity contribution in [2.45, 2.75) is 25.6 Å². The standard InChI is InChI=1S/C19H21N3O3/c1-13-5-7-15(8-6-13)17-18(25-12-16(23)22(17)2)19(24)21-11-14-4-3-9-20-10-14/h3-10,17-18H,11-12H2,1-2H3,(H,21,24). The number of hydrogen-bond donors (Lipinski definition) is 1. The van der Waals surface area contributed by atoms with Crippen LogP contribution in [0.4, 0.5) is 0 Å². The van der Waals surface area contributed by atoms with Crippen molar-refractivity contribution in [3.8, 4) is 0 Å². The van der Waals surface area contributed by atoms with E-state index >= 15 is 0 Å². The zero-order valence-electron chi connectivity index (χ0n) is 14.3. The summed E-state index contributed by atoms with van der Waals surface area (Å²) in [5.74, 6) is -0.379. The van der Waals surface area contributed by atoms with Crippen molar-refractivity contribution in [1.29, 1.82) is 0 Å². The van der Waals surface area contributed by atoms with Crippen LogP contribution in [0.3, 0.4) is 0 Å². The van der Waals surface area contributed by atoms with Gasteiger partial charge in [0.15, 0.2) is 6.10 Å². The number of likely N-dealkylation sites (N-methyl/N-ethyl adjacent to an activating group) is 1. The largest absolute Gasteiger partial charge is 0.356 e. The molecule has 0 spiro atoms. The van der Waals surface area contributed by atoms with Crippen molar-refractivity contribution in [2.24, 2.45) is 0 Å². The maximum Gasteiger partial charge on any atom is 0.251 e. The van der Waals surface area contributed by atoms with Crippen molar-refractivity contribution in [1.82, 2.24) is 15.2 Å². The number of aromatic nitrogens is 1. The molecule has 0 saturated carbocycles. The highest BCUT2D eigenvalue weighted by molar-refractivity contribution is 5.86. The van der Waals surface area contributed by atoms with E-state index in [0.717, 1.165) is 16.7 Å². The van der Waals surface area contributed by atoms with E-state index in [1.807, 2.05) is 43.3 Å². The maximum atomic E-state index is 12.7. The lowest BCUT2D eigenvalue weighted by atomic mass is 9.96. The second-order valence-corrected chi connectivity index (χ2v) is 6.17. The lowest BCUT2D eigenvalue weighted by Crippen LogP contribution is -2.52. The minimum Gasteiger partial charge on any atom is -0.356 e. The normalized spacial score (nSPS) is 20.4. The second-order valence-electron chi connectivity index (χ2n) is 6.17. The molecule has 1 saturated heterocycles. The molecule has 1 N–H and O–H groups in total. The number of pyridine rings is 1. The monoisotopic (exact) mass is 339 g/mol. The van der Waals surface area contributed by atoms with Gasteiger partial charge in [-0.15, -0.1) is 0 Å². The Morgan fingerprint density at radius 2 is 2.08 bits per heavy atom. The summed E-state index contributed by atoms with van der Waals surface area (Å²) in [6, 6.07) is 11.1. The summed E-state index contributed by atoms with van der Waals surface area (Å²) in [6.07, 6.45) is 2.64. The Morgan fingerprint density at radius 3 is 2.76 bits per heavy atom. The fourth-order valence-corrected chi connectivity index (χ4v) is 2.89. The van der Waals surface area contributed by atoms with Gasteiger partial charge in [-0.25, -0.2) is 0 Å². The van der Waals surface area contributed by atoms with Crippen LogP contribution in [0.1, 0.15) is 22.7 Å². The average molecular weight is 339 g/mol. The molecule has 0 radical (unpaired) electrons. The number of aryl methyl sites for hydroxylation is 1. The number of carbonyl (C=O) groups excluding carboxylic acids is 2. The first-order valence-corrected chi connectivity index (χ1v) is 8.16. The van der Waals surface area contributed by atoms with Crippen LogP contribution in [-0.4, -0.2) is 41.5 Å². The van der Waals surface area contributed by atoms with Gasteiger partial charge in [0.05, 0.1) is 6.04 Å². The van der Waals surface area contributed by atoms with Crippen LogP contribution in [0.2, 0.25) is 0 Å². The minimum absolute atomic E-state index is 0.0934. The van der Waals surface area contributed by atoms with Crippen molar-refractivity contribution < 1.29 is 14.3 Å². The number of morpholine rings is 1. The molecule has 2 unspecified atom stereocenters. The summed E-state index contributed by atoms with van der Waals surface area (Å²) in [4.78, 5) is 30.4. The number of ether oxygens (including phenoxy) is 1. The number of nitrogens with zero attached hydrogens (tertiary/aromatic N) is 2. The first-order valence-electron chi connectivity index (χ1n) is 8.16. The summed E-state index contributed by atoms with van der Waals surface area (Å²) in [7, 11) is 1.71. The van der Waals surface area contributed by atoms with Crippen molar-refractivity contribution >= 4 is 11.8 Å². The Kier molecular flexibility index (Phi) is 5.09. The van der Waals surface area contributed by atoms with Crippen molar-refractivity contribution in [3.63, 3.8) is 0 Å². The Hall–Kier alpha value is -2.73. The van der Waals surface area contributed by atoms with Crippen LogP contribution in [-0.2, 0) is 20.9 Å². The minimum atomic E-state index is -0.748. The van der Waals surface area contributed by atoms with Crippen LogP contribution in [0.15, 0.2) is 48.8 Å². The Balaban J connectivity index is 1.78. The van der Waals surface area contributed by atoms with Crippen molar-refractivity contribution in [3.05, 3.63) is 65.5 Å². The molecule has 2 aromatic rings. The van der Waals surface area contributed by atoms with Gasteiger partial charge in [0.25, 0.3) is 5.91 Å². The molecule has 130 valence electrons. The molecule has 0 aliphatic carbocycles. The quantitative estimate of drug-likeness (QED) is 0.918. The van der Waals surface area contributed by atoms with E-state index < -0.39 is 12.1 Å². The van der Waals surface area contributed by atoms with E-state index in [1.54, 1.807) is 24.3 Å². The van der Waals surface area contributed by atoms with E-state index in [4.69, 9.17) is 4.74 Å². The maximum absolute atomic E-state index is 12.7. The van der Waals surface area contributed by atoms with Gasteiger partial charge in [0.2, 0.25) is 5.91 Å². The molecule has 0 bridgehead atoms. The lowest BCUT2D eigenvalue weighted by molar-refractivity contribution is -0.162. The fourth-order valence-electron chi connectivity index (χ4n) is 2.89. The van der Waals surface area contributed by atoms with Gasteiger partial charge in [0, 0.05) is 26.0 Å². The molecule has 1 aliphatic heterocycles. The van der Waals surface area contributed by atoms with Crippen LogP contribution in [0.5, 0.6) is 0 Å². The number of hydrogen-bond acceptors (Lipinski definition) is 4. The van der Waals surface area contributed by atoms with Crippen molar-refractivity contribution in [2.75, 3.05) is 13.7 Å². The number of rotatable bonds is 4. The van der Waals surface area contributed by atoms with E-state index in [9.17, 15) is 9.59 Å². The molecule has 2 amide bonds. The number of nitrogens with one attached hydrogen (secondary N) is 1. The molecule has 1 aliphatic rings. The van der Waals surface area contributed by atoms with E-state index in [2.05, 4.69) is 10.3 Å². The fraction of sp³-hybridized carbons (Fsp3) is 0.316. The molecule has 1 fully saturated rings. The molecule has 1 aromatic carbocycles. The van der Waals surface area contributed by atoms with E-state index in [-0.39, 0.29) is 18.4 Å².